The number of hydrogen-bond acceptors (Lipinski definition) is 4. The number of aromatic nitrogens is 4. The van der Waals surface area contributed by atoms with Gasteiger partial charge in [-0.25, -0.2) is 4.98 Å². The van der Waals surface area contributed by atoms with Crippen LogP contribution in [0.5, 0.6) is 0 Å². The number of anilines is 1. The van der Waals surface area contributed by atoms with E-state index in [1.54, 1.807) is 31.3 Å². The number of aryl methyl sites for hydroxylation is 1. The minimum absolute atomic E-state index is 0.142. The van der Waals surface area contributed by atoms with Crippen molar-refractivity contribution in [3.63, 3.8) is 0 Å². The predicted molar refractivity (Wildman–Crippen MR) is 85.8 cm³/mol. The molecule has 1 amide bonds. The Morgan fingerprint density at radius 3 is 3.04 bits per heavy atom. The van der Waals surface area contributed by atoms with Gasteiger partial charge >= 0.3 is 0 Å². The zero-order valence-corrected chi connectivity index (χ0v) is 12.4. The molecule has 1 N–H and O–H groups in total. The fraction of sp³-hybridized carbons (Fsp3) is 0.125. The fourth-order valence-electron chi connectivity index (χ4n) is 2.22. The van der Waals surface area contributed by atoms with Crippen molar-refractivity contribution in [2.45, 2.75) is 6.54 Å². The first-order valence-electron chi connectivity index (χ1n) is 6.82. The van der Waals surface area contributed by atoms with Gasteiger partial charge in [0.25, 0.3) is 5.56 Å². The summed E-state index contributed by atoms with van der Waals surface area (Å²) < 4.78 is 2.75. The molecule has 0 atom stereocenters. The van der Waals surface area contributed by atoms with Crippen LogP contribution in [0.1, 0.15) is 5.56 Å². The maximum atomic E-state index is 12.3. The van der Waals surface area contributed by atoms with Crippen LogP contribution in [0.15, 0.2) is 41.6 Å². The summed E-state index contributed by atoms with van der Waals surface area (Å²) in [6, 6.07) is 6.92. The molecule has 0 spiro atoms. The highest BCUT2D eigenvalue weighted by Crippen LogP contribution is 2.10. The van der Waals surface area contributed by atoms with Crippen molar-refractivity contribution >= 4 is 22.6 Å². The average molecular weight is 307 g/mol. The van der Waals surface area contributed by atoms with Gasteiger partial charge in [0.05, 0.1) is 6.20 Å². The number of benzene rings is 1. The fourth-order valence-corrected chi connectivity index (χ4v) is 2.22. The van der Waals surface area contributed by atoms with Crippen molar-refractivity contribution in [1.29, 1.82) is 0 Å². The van der Waals surface area contributed by atoms with Crippen molar-refractivity contribution in [3.05, 3.63) is 52.7 Å². The van der Waals surface area contributed by atoms with E-state index in [1.165, 1.54) is 21.8 Å². The van der Waals surface area contributed by atoms with Crippen LogP contribution in [0, 0.1) is 12.3 Å². The van der Waals surface area contributed by atoms with Gasteiger partial charge in [-0.1, -0.05) is 12.0 Å². The second kappa shape index (κ2) is 5.77. The van der Waals surface area contributed by atoms with Gasteiger partial charge in [-0.05, 0) is 18.2 Å². The molecule has 0 saturated carbocycles. The van der Waals surface area contributed by atoms with Gasteiger partial charge in [0.15, 0.2) is 5.65 Å². The zero-order chi connectivity index (χ0) is 16.4. The van der Waals surface area contributed by atoms with E-state index in [2.05, 4.69) is 21.3 Å². The third-order valence-electron chi connectivity index (χ3n) is 3.35. The molecule has 7 nitrogen and oxygen atoms in total. The smallest absolute Gasteiger partial charge is 0.264 e. The number of amides is 1. The quantitative estimate of drug-likeness (QED) is 0.724. The number of terminal acetylenes is 1. The molecule has 0 aliphatic carbocycles. The average Bonchev–Trinajstić information content (AvgIpc) is 2.92. The number of carbonyl (C=O) groups excluding carboxylic acids is 1. The van der Waals surface area contributed by atoms with Gasteiger partial charge in [-0.3, -0.25) is 18.8 Å². The lowest BCUT2D eigenvalue weighted by molar-refractivity contribution is -0.116. The molecule has 1 aromatic carbocycles. The number of carbonyl (C=O) groups is 1. The van der Waals surface area contributed by atoms with Crippen LogP contribution in [-0.2, 0) is 18.4 Å². The van der Waals surface area contributed by atoms with E-state index in [0.29, 0.717) is 22.3 Å². The molecule has 2 heterocycles. The van der Waals surface area contributed by atoms with E-state index in [1.807, 2.05) is 0 Å². The maximum Gasteiger partial charge on any atom is 0.264 e. The van der Waals surface area contributed by atoms with E-state index in [9.17, 15) is 9.59 Å². The molecular formula is C16H13N5O2. The summed E-state index contributed by atoms with van der Waals surface area (Å²) in [5.74, 6) is 2.15. The molecule has 3 rings (SSSR count). The molecule has 114 valence electrons. The van der Waals surface area contributed by atoms with Crippen molar-refractivity contribution in [1.82, 2.24) is 19.3 Å². The highest BCUT2D eigenvalue weighted by atomic mass is 16.2. The summed E-state index contributed by atoms with van der Waals surface area (Å²) in [4.78, 5) is 28.5. The number of fused-ring (bicyclic) bond motifs is 1. The number of rotatable bonds is 3. The van der Waals surface area contributed by atoms with Crippen LogP contribution in [0.3, 0.4) is 0 Å². The van der Waals surface area contributed by atoms with E-state index < -0.39 is 0 Å². The molecule has 0 saturated heterocycles. The van der Waals surface area contributed by atoms with Gasteiger partial charge in [0, 0.05) is 18.3 Å². The summed E-state index contributed by atoms with van der Waals surface area (Å²) in [6.45, 7) is -0.142. The molecule has 3 aromatic rings. The number of hydrogen-bond donors (Lipinski definition) is 1. The second-order valence-electron chi connectivity index (χ2n) is 4.96. The topological polar surface area (TPSA) is 81.8 Å². The minimum atomic E-state index is -0.341. The molecule has 7 heteroatoms. The largest absolute Gasteiger partial charge is 0.324 e. The Balaban J connectivity index is 1.81. The Morgan fingerprint density at radius 1 is 1.43 bits per heavy atom. The van der Waals surface area contributed by atoms with E-state index in [4.69, 9.17) is 6.42 Å². The first-order chi connectivity index (χ1) is 11.1. The third-order valence-corrected chi connectivity index (χ3v) is 3.35. The summed E-state index contributed by atoms with van der Waals surface area (Å²) in [5, 5.41) is 7.06. The Hall–Kier alpha value is -3.40. The molecule has 0 unspecified atom stereocenters. The van der Waals surface area contributed by atoms with Gasteiger partial charge in [0.1, 0.15) is 18.3 Å². The highest BCUT2D eigenvalue weighted by Gasteiger charge is 2.11. The van der Waals surface area contributed by atoms with Gasteiger partial charge < -0.3 is 5.32 Å². The minimum Gasteiger partial charge on any atom is -0.324 e. The van der Waals surface area contributed by atoms with Crippen LogP contribution in [0.25, 0.3) is 11.0 Å². The van der Waals surface area contributed by atoms with Crippen LogP contribution in [0.4, 0.5) is 5.69 Å². The molecule has 0 fully saturated rings. The zero-order valence-electron chi connectivity index (χ0n) is 12.4. The SMILES string of the molecule is C#Cc1cccc(NC(=O)Cn2cnc3c(cnn3C)c2=O)c1. The molecule has 0 aliphatic rings. The van der Waals surface area contributed by atoms with E-state index in [0.717, 1.165) is 0 Å². The Bertz CT molecular complexity index is 994. The lowest BCUT2D eigenvalue weighted by Crippen LogP contribution is -2.27. The molecule has 2 aromatic heterocycles. The number of nitrogens with one attached hydrogen (secondary N) is 1. The number of nitrogens with zero attached hydrogens (tertiary/aromatic N) is 4. The highest BCUT2D eigenvalue weighted by molar-refractivity contribution is 5.90. The Labute approximate surface area is 131 Å². The Kier molecular flexibility index (Phi) is 3.65. The van der Waals surface area contributed by atoms with Gasteiger partial charge in [0.2, 0.25) is 5.91 Å². The van der Waals surface area contributed by atoms with E-state index in [-0.39, 0.29) is 18.0 Å². The van der Waals surface area contributed by atoms with Crippen LogP contribution in [0.2, 0.25) is 0 Å². The van der Waals surface area contributed by atoms with Gasteiger partial charge in [-0.2, -0.15) is 5.10 Å². The molecule has 23 heavy (non-hydrogen) atoms. The lowest BCUT2D eigenvalue weighted by atomic mass is 10.2. The molecular weight excluding hydrogens is 294 g/mol. The van der Waals surface area contributed by atoms with Crippen molar-refractivity contribution in [2.24, 2.45) is 7.05 Å². The maximum absolute atomic E-state index is 12.3. The monoisotopic (exact) mass is 307 g/mol. The summed E-state index contributed by atoms with van der Waals surface area (Å²) in [7, 11) is 1.70. The molecule has 0 radical (unpaired) electrons. The van der Waals surface area contributed by atoms with Crippen LogP contribution in [-0.4, -0.2) is 25.2 Å². The standard InChI is InChI=1S/C16H13N5O2/c1-3-11-5-4-6-12(7-11)19-14(22)9-21-10-17-15-13(16(21)23)8-18-20(15)2/h1,4-8,10H,9H2,2H3,(H,19,22). The summed E-state index contributed by atoms with van der Waals surface area (Å²) >= 11 is 0. The first kappa shape index (κ1) is 14.5. The van der Waals surface area contributed by atoms with Crippen molar-refractivity contribution in [3.8, 4) is 12.3 Å². The van der Waals surface area contributed by atoms with Crippen molar-refractivity contribution in [2.75, 3.05) is 5.32 Å². The molecule has 0 aliphatic heterocycles. The van der Waals surface area contributed by atoms with Gasteiger partial charge in [-0.15, -0.1) is 6.42 Å². The molecule has 0 bridgehead atoms. The van der Waals surface area contributed by atoms with Crippen molar-refractivity contribution < 1.29 is 4.79 Å². The first-order valence-corrected chi connectivity index (χ1v) is 6.82. The summed E-state index contributed by atoms with van der Waals surface area (Å²) in [5.41, 5.74) is 1.41. The normalized spacial score (nSPS) is 10.4. The lowest BCUT2D eigenvalue weighted by Gasteiger charge is -2.07. The third kappa shape index (κ3) is 2.82. The van der Waals surface area contributed by atoms with E-state index >= 15 is 0 Å². The second-order valence-corrected chi connectivity index (χ2v) is 4.96. The van der Waals surface area contributed by atoms with Crippen LogP contribution >= 0.6 is 0 Å². The predicted octanol–water partition coefficient (Wildman–Crippen LogP) is 0.750. The summed E-state index contributed by atoms with van der Waals surface area (Å²) in [6.07, 6.45) is 8.10. The van der Waals surface area contributed by atoms with Crippen LogP contribution < -0.4 is 10.9 Å². The Morgan fingerprint density at radius 2 is 2.26 bits per heavy atom.